The Balaban J connectivity index is 4.97. The fourth-order valence-corrected chi connectivity index (χ4v) is 5.05. The molecule has 0 saturated heterocycles. The first-order valence-corrected chi connectivity index (χ1v) is 14.6. The molecule has 0 aliphatic carbocycles. The van der Waals surface area contributed by atoms with E-state index in [1.807, 2.05) is 6.92 Å². The number of phosphoric ester groups is 2. The molecule has 2 unspecified atom stereocenters. The molecule has 0 rings (SSSR count). The van der Waals surface area contributed by atoms with Crippen LogP contribution in [0, 0.1) is 0 Å². The van der Waals surface area contributed by atoms with Gasteiger partial charge in [-0.05, 0) is 19.3 Å². The molecule has 0 aliphatic rings. The Kier molecular flexibility index (Phi) is 16.9. The lowest BCUT2D eigenvalue weighted by atomic mass is 10.0. The highest BCUT2D eigenvalue weighted by atomic mass is 31.2. The van der Waals surface area contributed by atoms with E-state index in [-0.39, 0.29) is 19.4 Å². The van der Waals surface area contributed by atoms with Gasteiger partial charge >= 0.3 is 15.6 Å². The lowest BCUT2D eigenvalue weighted by Gasteiger charge is -2.34. The first kappa shape index (κ1) is 30.2. The first-order chi connectivity index (χ1) is 14.1. The summed E-state index contributed by atoms with van der Waals surface area (Å²) in [5.74, 6) is -1.84. The number of phosphoric acid groups is 2. The van der Waals surface area contributed by atoms with Crippen LogP contribution in [0.4, 0.5) is 0 Å². The van der Waals surface area contributed by atoms with Crippen molar-refractivity contribution in [2.45, 2.75) is 123 Å². The Morgan fingerprint density at radius 1 is 0.633 bits per heavy atom. The fraction of sp³-hybridized carbons (Fsp3) is 1.00. The van der Waals surface area contributed by atoms with Gasteiger partial charge in [-0.3, -0.25) is 13.6 Å². The smallest absolute Gasteiger partial charge is 0.303 e. The maximum absolute atomic E-state index is 12.5. The van der Waals surface area contributed by atoms with Crippen LogP contribution in [-0.4, -0.2) is 27.1 Å². The third-order valence-electron chi connectivity index (χ3n) is 4.89. The van der Waals surface area contributed by atoms with Gasteiger partial charge in [-0.25, -0.2) is 9.13 Å². The minimum absolute atomic E-state index is 0.0518. The number of unbranched alkanes of at least 4 members (excludes halogenated alkanes) is 10. The van der Waals surface area contributed by atoms with Crippen LogP contribution >= 0.6 is 15.6 Å². The summed E-state index contributed by atoms with van der Waals surface area (Å²) in [5, 5.41) is 0. The SMILES string of the molecule is CCCCCCCCOP(=O)(O)OC(CCCC)(CCCCCCC)OP(=O)(O)O. The maximum atomic E-state index is 12.5. The summed E-state index contributed by atoms with van der Waals surface area (Å²) in [5.41, 5.74) is 0. The second-order valence-electron chi connectivity index (χ2n) is 7.92. The lowest BCUT2D eigenvalue weighted by molar-refractivity contribution is -0.153. The van der Waals surface area contributed by atoms with Crippen molar-refractivity contribution in [3.8, 4) is 0 Å². The van der Waals surface area contributed by atoms with Gasteiger partial charge in [0.25, 0.3) is 0 Å². The molecule has 8 nitrogen and oxygen atoms in total. The quantitative estimate of drug-likeness (QED) is 0.0939. The second-order valence-corrected chi connectivity index (χ2v) is 10.5. The summed E-state index contributed by atoms with van der Waals surface area (Å²) in [6.07, 6.45) is 11.9. The molecule has 0 saturated carbocycles. The first-order valence-electron chi connectivity index (χ1n) is 11.5. The van der Waals surface area contributed by atoms with Crippen LogP contribution in [0.25, 0.3) is 0 Å². The topological polar surface area (TPSA) is 123 Å². The molecule has 0 heterocycles. The van der Waals surface area contributed by atoms with E-state index in [9.17, 15) is 23.8 Å². The summed E-state index contributed by atoms with van der Waals surface area (Å²) < 4.78 is 39.5. The number of hydrogen-bond donors (Lipinski definition) is 3. The van der Waals surface area contributed by atoms with Gasteiger partial charge in [-0.2, -0.15) is 0 Å². The highest BCUT2D eigenvalue weighted by Gasteiger charge is 2.44. The van der Waals surface area contributed by atoms with Crippen molar-refractivity contribution < 1.29 is 37.4 Å². The molecule has 30 heavy (non-hydrogen) atoms. The van der Waals surface area contributed by atoms with Crippen molar-refractivity contribution in [3.05, 3.63) is 0 Å². The Hall–Kier alpha value is 0.220. The normalized spacial score (nSPS) is 16.3. The van der Waals surface area contributed by atoms with Crippen LogP contribution in [0.3, 0.4) is 0 Å². The molecule has 3 N–H and O–H groups in total. The molecule has 2 atom stereocenters. The summed E-state index contributed by atoms with van der Waals surface area (Å²) in [6, 6.07) is 0. The Morgan fingerprint density at radius 3 is 1.63 bits per heavy atom. The molecular formula is C20H44O8P2. The Morgan fingerprint density at radius 2 is 1.10 bits per heavy atom. The van der Waals surface area contributed by atoms with Gasteiger partial charge in [0.2, 0.25) is 0 Å². The van der Waals surface area contributed by atoms with Crippen molar-refractivity contribution in [1.29, 1.82) is 0 Å². The van der Waals surface area contributed by atoms with E-state index in [2.05, 4.69) is 13.8 Å². The van der Waals surface area contributed by atoms with E-state index in [0.717, 1.165) is 57.8 Å². The minimum Gasteiger partial charge on any atom is -0.303 e. The molecular weight excluding hydrogens is 430 g/mol. The molecule has 0 aliphatic heterocycles. The molecule has 0 aromatic carbocycles. The zero-order valence-electron chi connectivity index (χ0n) is 19.1. The van der Waals surface area contributed by atoms with E-state index in [1.54, 1.807) is 0 Å². The van der Waals surface area contributed by atoms with Crippen LogP contribution in [0.5, 0.6) is 0 Å². The Labute approximate surface area is 182 Å². The molecule has 182 valence electrons. The molecule has 0 spiro atoms. The summed E-state index contributed by atoms with van der Waals surface area (Å²) in [4.78, 5) is 29.0. The van der Waals surface area contributed by atoms with Crippen LogP contribution < -0.4 is 0 Å². The lowest BCUT2D eigenvalue weighted by Crippen LogP contribution is -2.34. The number of hydrogen-bond acceptors (Lipinski definition) is 5. The standard InChI is InChI=1S/C20H44O8P2/c1-4-7-10-12-14-16-19-26-30(24,25)28-20(17-9-6-3,27-29(21,22)23)18-15-13-11-8-5-2/h4-19H2,1-3H3,(H,24,25)(H2,21,22,23). The zero-order valence-corrected chi connectivity index (χ0v) is 20.9. The van der Waals surface area contributed by atoms with Gasteiger partial charge in [-0.15, -0.1) is 0 Å². The Bertz CT molecular complexity index is 511. The largest absolute Gasteiger partial charge is 0.474 e. The predicted octanol–water partition coefficient (Wildman–Crippen LogP) is 6.84. The van der Waals surface area contributed by atoms with Crippen LogP contribution in [0.15, 0.2) is 0 Å². The summed E-state index contributed by atoms with van der Waals surface area (Å²) in [6.45, 7) is 6.19. The van der Waals surface area contributed by atoms with Crippen molar-refractivity contribution in [2.75, 3.05) is 6.61 Å². The zero-order chi connectivity index (χ0) is 22.9. The maximum Gasteiger partial charge on any atom is 0.474 e. The summed E-state index contributed by atoms with van der Waals surface area (Å²) in [7, 11) is -9.47. The third-order valence-corrected chi connectivity index (χ3v) is 6.53. The van der Waals surface area contributed by atoms with Crippen molar-refractivity contribution in [2.24, 2.45) is 0 Å². The van der Waals surface area contributed by atoms with Crippen molar-refractivity contribution in [1.82, 2.24) is 0 Å². The predicted molar refractivity (Wildman–Crippen MR) is 119 cm³/mol. The molecule has 0 fully saturated rings. The van der Waals surface area contributed by atoms with Crippen molar-refractivity contribution >= 4 is 15.6 Å². The van der Waals surface area contributed by atoms with Crippen LogP contribution in [0.1, 0.15) is 117 Å². The molecule has 0 bridgehead atoms. The van der Waals surface area contributed by atoms with E-state index in [1.165, 1.54) is 6.42 Å². The second kappa shape index (κ2) is 16.8. The van der Waals surface area contributed by atoms with Gasteiger partial charge in [0, 0.05) is 12.8 Å². The van der Waals surface area contributed by atoms with Crippen molar-refractivity contribution in [3.63, 3.8) is 0 Å². The molecule has 0 aromatic heterocycles. The summed E-state index contributed by atoms with van der Waals surface area (Å²) >= 11 is 0. The van der Waals surface area contributed by atoms with E-state index in [0.29, 0.717) is 19.3 Å². The van der Waals surface area contributed by atoms with E-state index < -0.39 is 21.4 Å². The molecule has 0 amide bonds. The molecule has 10 heteroatoms. The van der Waals surface area contributed by atoms with Crippen LogP contribution in [0.2, 0.25) is 0 Å². The van der Waals surface area contributed by atoms with Crippen LogP contribution in [-0.2, 0) is 22.7 Å². The van der Waals surface area contributed by atoms with Gasteiger partial charge in [0.05, 0.1) is 6.61 Å². The molecule has 0 aromatic rings. The number of rotatable bonds is 21. The fourth-order valence-electron chi connectivity index (χ4n) is 3.28. The minimum atomic E-state index is -4.94. The van der Waals surface area contributed by atoms with E-state index in [4.69, 9.17) is 13.6 Å². The van der Waals surface area contributed by atoms with Gasteiger partial charge in [0.1, 0.15) is 0 Å². The highest BCUT2D eigenvalue weighted by Crippen LogP contribution is 2.55. The third kappa shape index (κ3) is 16.9. The van der Waals surface area contributed by atoms with Gasteiger partial charge in [-0.1, -0.05) is 85.0 Å². The van der Waals surface area contributed by atoms with Gasteiger partial charge < -0.3 is 14.7 Å². The average molecular weight is 475 g/mol. The van der Waals surface area contributed by atoms with Gasteiger partial charge in [0.15, 0.2) is 5.79 Å². The molecule has 0 radical (unpaired) electrons. The van der Waals surface area contributed by atoms with E-state index >= 15 is 0 Å². The highest BCUT2D eigenvalue weighted by molar-refractivity contribution is 7.47. The average Bonchev–Trinajstić information content (AvgIpc) is 2.64. The monoisotopic (exact) mass is 474 g/mol.